The van der Waals surface area contributed by atoms with Crippen LogP contribution in [0.3, 0.4) is 0 Å². The van der Waals surface area contributed by atoms with E-state index in [-0.39, 0.29) is 22.9 Å². The zero-order valence-corrected chi connectivity index (χ0v) is 17.6. The maximum Gasteiger partial charge on any atom is 0.224 e. The van der Waals surface area contributed by atoms with E-state index in [1.54, 1.807) is 21.9 Å². The van der Waals surface area contributed by atoms with Crippen LogP contribution in [0.4, 0.5) is 26.4 Å². The quantitative estimate of drug-likeness (QED) is 0.482. The highest BCUT2D eigenvalue weighted by Gasteiger charge is 2.09. The summed E-state index contributed by atoms with van der Waals surface area (Å²) in [7, 11) is 7.30. The summed E-state index contributed by atoms with van der Waals surface area (Å²) in [5.74, 6) is 0.815. The van der Waals surface area contributed by atoms with Crippen LogP contribution in [0.15, 0.2) is 36.4 Å². The SMILES string of the molecule is CN(C)c1nc(Cl)nc2ccc(F)cc12.CN(C)c1nc(N)nc2ccc(F)cc12. The van der Waals surface area contributed by atoms with E-state index in [1.165, 1.54) is 24.3 Å². The van der Waals surface area contributed by atoms with Gasteiger partial charge in [0.1, 0.15) is 23.3 Å². The fourth-order valence-corrected chi connectivity index (χ4v) is 3.01. The van der Waals surface area contributed by atoms with Gasteiger partial charge in [-0.15, -0.1) is 0 Å². The van der Waals surface area contributed by atoms with Crippen molar-refractivity contribution < 1.29 is 8.78 Å². The van der Waals surface area contributed by atoms with Gasteiger partial charge in [0.05, 0.1) is 11.0 Å². The van der Waals surface area contributed by atoms with Crippen molar-refractivity contribution in [2.45, 2.75) is 0 Å². The summed E-state index contributed by atoms with van der Waals surface area (Å²) < 4.78 is 26.1. The molecule has 0 atom stereocenters. The molecule has 156 valence electrons. The number of aromatic nitrogens is 4. The molecule has 0 saturated heterocycles. The first-order valence-corrected chi connectivity index (χ1v) is 9.23. The van der Waals surface area contributed by atoms with E-state index in [4.69, 9.17) is 17.3 Å². The number of fused-ring (bicyclic) bond motifs is 2. The normalized spacial score (nSPS) is 10.6. The number of nitrogens with zero attached hydrogens (tertiary/aromatic N) is 6. The summed E-state index contributed by atoms with van der Waals surface area (Å²) >= 11 is 5.77. The second-order valence-electron chi connectivity index (χ2n) is 6.83. The molecule has 30 heavy (non-hydrogen) atoms. The molecule has 0 aliphatic heterocycles. The summed E-state index contributed by atoms with van der Waals surface area (Å²) in [6.45, 7) is 0. The molecule has 0 bridgehead atoms. The predicted molar refractivity (Wildman–Crippen MR) is 117 cm³/mol. The van der Waals surface area contributed by atoms with Gasteiger partial charge in [-0.1, -0.05) is 0 Å². The molecule has 7 nitrogen and oxygen atoms in total. The van der Waals surface area contributed by atoms with Crippen molar-refractivity contribution in [2.24, 2.45) is 0 Å². The molecule has 0 fully saturated rings. The Morgan fingerprint density at radius 3 is 1.70 bits per heavy atom. The van der Waals surface area contributed by atoms with Crippen LogP contribution < -0.4 is 15.5 Å². The van der Waals surface area contributed by atoms with Gasteiger partial charge < -0.3 is 15.5 Å². The zero-order chi connectivity index (χ0) is 22.0. The molecule has 10 heteroatoms. The van der Waals surface area contributed by atoms with E-state index in [2.05, 4.69) is 19.9 Å². The molecule has 0 spiro atoms. The number of rotatable bonds is 2. The van der Waals surface area contributed by atoms with E-state index in [0.29, 0.717) is 33.4 Å². The fraction of sp³-hybridized carbons (Fsp3) is 0.200. The molecule has 2 aromatic heterocycles. The Kier molecular flexibility index (Phi) is 6.12. The van der Waals surface area contributed by atoms with Crippen LogP contribution in [0.25, 0.3) is 21.8 Å². The van der Waals surface area contributed by atoms with Crippen molar-refractivity contribution >= 4 is 51.0 Å². The van der Waals surface area contributed by atoms with E-state index in [1.807, 2.05) is 28.2 Å². The van der Waals surface area contributed by atoms with Gasteiger partial charge in [-0.25, -0.2) is 18.7 Å². The molecule has 0 saturated carbocycles. The van der Waals surface area contributed by atoms with Crippen LogP contribution in [-0.2, 0) is 0 Å². The van der Waals surface area contributed by atoms with Crippen molar-refractivity contribution in [2.75, 3.05) is 43.7 Å². The average Bonchev–Trinajstić information content (AvgIpc) is 2.67. The van der Waals surface area contributed by atoms with E-state index < -0.39 is 0 Å². The molecule has 0 unspecified atom stereocenters. The number of nitrogens with two attached hydrogens (primary N) is 1. The fourth-order valence-electron chi connectivity index (χ4n) is 2.84. The van der Waals surface area contributed by atoms with Gasteiger partial charge in [-0.3, -0.25) is 0 Å². The molecular weight excluding hydrogens is 412 g/mol. The van der Waals surface area contributed by atoms with Gasteiger partial charge >= 0.3 is 0 Å². The Labute approximate surface area is 177 Å². The Bertz CT molecular complexity index is 1120. The molecule has 0 radical (unpaired) electrons. The van der Waals surface area contributed by atoms with Gasteiger partial charge in [-0.2, -0.15) is 9.97 Å². The van der Waals surface area contributed by atoms with Crippen LogP contribution in [0, 0.1) is 11.6 Å². The molecule has 0 aliphatic carbocycles. The molecule has 0 aliphatic rings. The van der Waals surface area contributed by atoms with Gasteiger partial charge in [0, 0.05) is 39.0 Å². The number of halogens is 3. The van der Waals surface area contributed by atoms with Gasteiger partial charge in [0.25, 0.3) is 0 Å². The molecule has 2 heterocycles. The third kappa shape index (κ3) is 4.62. The second-order valence-corrected chi connectivity index (χ2v) is 7.17. The molecule has 0 amide bonds. The molecule has 2 aromatic carbocycles. The van der Waals surface area contributed by atoms with Crippen molar-refractivity contribution in [3.05, 3.63) is 53.3 Å². The van der Waals surface area contributed by atoms with Crippen molar-refractivity contribution in [1.82, 2.24) is 19.9 Å². The summed E-state index contributed by atoms with van der Waals surface area (Å²) in [6, 6.07) is 8.70. The Morgan fingerprint density at radius 1 is 0.733 bits per heavy atom. The first kappa shape index (κ1) is 21.4. The number of nitrogen functional groups attached to an aromatic ring is 1. The highest BCUT2D eigenvalue weighted by molar-refractivity contribution is 6.28. The van der Waals surface area contributed by atoms with E-state index in [0.717, 1.165) is 0 Å². The third-order valence-electron chi connectivity index (χ3n) is 4.11. The number of hydrogen-bond donors (Lipinski definition) is 1. The highest BCUT2D eigenvalue weighted by atomic mass is 35.5. The van der Waals surface area contributed by atoms with E-state index in [9.17, 15) is 8.78 Å². The number of hydrogen-bond acceptors (Lipinski definition) is 7. The van der Waals surface area contributed by atoms with Crippen LogP contribution in [0.5, 0.6) is 0 Å². The predicted octanol–water partition coefficient (Wildman–Crippen LogP) is 3.91. The first-order valence-electron chi connectivity index (χ1n) is 8.86. The minimum absolute atomic E-state index is 0.165. The van der Waals surface area contributed by atoms with Crippen molar-refractivity contribution in [3.63, 3.8) is 0 Å². The smallest absolute Gasteiger partial charge is 0.224 e. The van der Waals surface area contributed by atoms with Gasteiger partial charge in [-0.05, 0) is 48.0 Å². The monoisotopic (exact) mass is 431 g/mol. The highest BCUT2D eigenvalue weighted by Crippen LogP contribution is 2.25. The topological polar surface area (TPSA) is 84.1 Å². The van der Waals surface area contributed by atoms with Crippen molar-refractivity contribution in [3.8, 4) is 0 Å². The molecular formula is C20H20ClF2N7. The maximum atomic E-state index is 13.1. The van der Waals surface area contributed by atoms with Gasteiger partial charge in [0.15, 0.2) is 0 Å². The van der Waals surface area contributed by atoms with Crippen LogP contribution in [0.1, 0.15) is 0 Å². The lowest BCUT2D eigenvalue weighted by Gasteiger charge is -2.14. The van der Waals surface area contributed by atoms with Gasteiger partial charge in [0.2, 0.25) is 11.2 Å². The maximum absolute atomic E-state index is 13.1. The lowest BCUT2D eigenvalue weighted by molar-refractivity contribution is 0.629. The number of benzene rings is 2. The van der Waals surface area contributed by atoms with Crippen LogP contribution in [-0.4, -0.2) is 48.1 Å². The van der Waals surface area contributed by atoms with Crippen molar-refractivity contribution in [1.29, 1.82) is 0 Å². The van der Waals surface area contributed by atoms with Crippen LogP contribution >= 0.6 is 11.6 Å². The van der Waals surface area contributed by atoms with E-state index >= 15 is 0 Å². The number of anilines is 3. The Balaban J connectivity index is 0.000000171. The summed E-state index contributed by atoms with van der Waals surface area (Å²) in [5, 5.41) is 1.48. The zero-order valence-electron chi connectivity index (χ0n) is 16.9. The lowest BCUT2D eigenvalue weighted by Crippen LogP contribution is -2.13. The minimum Gasteiger partial charge on any atom is -0.368 e. The first-order chi connectivity index (χ1) is 14.2. The second kappa shape index (κ2) is 8.58. The average molecular weight is 432 g/mol. The Morgan fingerprint density at radius 2 is 1.20 bits per heavy atom. The third-order valence-corrected chi connectivity index (χ3v) is 4.28. The standard InChI is InChI=1S/C10H9ClFN3.C10H11FN4/c1-15(2)9-7-5-6(12)3-4-8(7)13-10(11)14-9;1-15(2)9-7-5-6(11)3-4-8(7)13-10(12)14-9/h3-5H,1-2H3;3-5H,1-2H3,(H2,12,13,14). The summed E-state index contributed by atoms with van der Waals surface area (Å²) in [5.41, 5.74) is 6.84. The summed E-state index contributed by atoms with van der Waals surface area (Å²) in [4.78, 5) is 19.7. The summed E-state index contributed by atoms with van der Waals surface area (Å²) in [6.07, 6.45) is 0. The van der Waals surface area contributed by atoms with Crippen LogP contribution in [0.2, 0.25) is 5.28 Å². The Hall–Kier alpha value is -3.33. The molecule has 2 N–H and O–H groups in total. The molecule has 4 aromatic rings. The molecule has 4 rings (SSSR count). The lowest BCUT2D eigenvalue weighted by atomic mass is 10.2. The largest absolute Gasteiger partial charge is 0.368 e. The minimum atomic E-state index is -0.309.